The summed E-state index contributed by atoms with van der Waals surface area (Å²) in [6.45, 7) is 44.6. The van der Waals surface area contributed by atoms with E-state index < -0.39 is 70.5 Å². The maximum atomic E-state index is 15.1. The average Bonchev–Trinajstić information content (AvgIpc) is 3.32. The van der Waals surface area contributed by atoms with Crippen molar-refractivity contribution in [3.63, 3.8) is 0 Å². The largest absolute Gasteiger partial charge is 0.479 e. The Labute approximate surface area is 465 Å². The number of aryl methyl sites for hydroxylation is 1. The number of hydrogen-bond donors (Lipinski definition) is 0. The molecule has 0 unspecified atom stereocenters. The standard InChI is InChI=1S/C56H97N4O12PSi4/c1-53(2,3)74(15,16)69-41-45(71-76(19,20)55(7,8)9)47(72-77(21,22)56(10,11)12)44(70-75(17,18)54(4,5)6)38-60-48-46(49(64-13)58-52(57-48)65-14)59(50(61)51(60)62)36-30-25-31-37-66-73(63,67-39-42-32-26-23-27-33-42)68-40-43-34-28-24-29-35-43/h23-24,26-29,32-35,44-45,47H,25,30-31,36-41H2,1-22H3/t44-,45+,47-/m0/s1. The summed E-state index contributed by atoms with van der Waals surface area (Å²) in [6, 6.07) is 18.7. The Morgan fingerprint density at radius 1 is 0.545 bits per heavy atom. The minimum absolute atomic E-state index is 0.0352. The Morgan fingerprint density at radius 2 is 1.00 bits per heavy atom. The van der Waals surface area contributed by atoms with Gasteiger partial charge in [-0.3, -0.25) is 32.3 Å². The number of methoxy groups -OCH3 is 2. The summed E-state index contributed by atoms with van der Waals surface area (Å²) in [6.07, 6.45) is -0.831. The Balaban J connectivity index is 1.84. The number of unbranched alkanes of at least 4 members (excludes halogenated alkanes) is 2. The van der Waals surface area contributed by atoms with Crippen LogP contribution in [0.25, 0.3) is 11.2 Å². The first-order chi connectivity index (χ1) is 35.3. The van der Waals surface area contributed by atoms with E-state index in [1.807, 2.05) is 60.7 Å². The molecule has 0 amide bonds. The van der Waals surface area contributed by atoms with E-state index in [0.29, 0.717) is 19.3 Å². The van der Waals surface area contributed by atoms with E-state index >= 15 is 4.79 Å². The molecule has 16 nitrogen and oxygen atoms in total. The van der Waals surface area contributed by atoms with Crippen LogP contribution in [-0.2, 0) is 62.1 Å². The third-order valence-corrected chi connectivity index (χ3v) is 35.8. The molecule has 2 aromatic heterocycles. The maximum Gasteiger partial charge on any atom is 0.475 e. The van der Waals surface area contributed by atoms with Crippen LogP contribution in [0.15, 0.2) is 70.3 Å². The molecule has 77 heavy (non-hydrogen) atoms. The number of phosphoric acid groups is 1. The zero-order chi connectivity index (χ0) is 58.2. The van der Waals surface area contributed by atoms with E-state index in [1.54, 1.807) is 0 Å². The number of aromatic nitrogens is 4. The van der Waals surface area contributed by atoms with Crippen LogP contribution < -0.4 is 20.6 Å². The molecule has 434 valence electrons. The topological polar surface area (TPSA) is 170 Å². The van der Waals surface area contributed by atoms with Crippen LogP contribution in [0.2, 0.25) is 72.5 Å². The van der Waals surface area contributed by atoms with Crippen molar-refractivity contribution in [1.82, 2.24) is 19.1 Å². The fourth-order valence-corrected chi connectivity index (χ4v) is 13.4. The van der Waals surface area contributed by atoms with Crippen LogP contribution in [0.4, 0.5) is 0 Å². The lowest BCUT2D eigenvalue weighted by atomic mass is 10.1. The van der Waals surface area contributed by atoms with Crippen LogP contribution in [0.5, 0.6) is 11.9 Å². The summed E-state index contributed by atoms with van der Waals surface area (Å²) in [4.78, 5) is 39.3. The zero-order valence-corrected chi connectivity index (χ0v) is 55.9. The number of phosphoric ester groups is 1. The van der Waals surface area contributed by atoms with Crippen molar-refractivity contribution in [3.05, 3.63) is 92.5 Å². The Hall–Kier alpha value is -3.12. The third-order valence-electron chi connectivity index (χ3n) is 16.4. The number of ether oxygens (including phenoxy) is 2. The lowest BCUT2D eigenvalue weighted by molar-refractivity contribution is -0.0609. The summed E-state index contributed by atoms with van der Waals surface area (Å²) < 4.78 is 75.8. The van der Waals surface area contributed by atoms with Gasteiger partial charge in [0.05, 0.1) is 65.5 Å². The van der Waals surface area contributed by atoms with Gasteiger partial charge in [0.2, 0.25) is 5.88 Å². The van der Waals surface area contributed by atoms with Crippen molar-refractivity contribution < 1.29 is 45.3 Å². The summed E-state index contributed by atoms with van der Waals surface area (Å²) in [7, 11) is -11.5. The third kappa shape index (κ3) is 17.7. The van der Waals surface area contributed by atoms with E-state index in [4.69, 9.17) is 45.7 Å². The number of hydrogen-bond acceptors (Lipinski definition) is 14. The molecule has 0 aliphatic rings. The molecule has 0 saturated carbocycles. The van der Waals surface area contributed by atoms with Crippen molar-refractivity contribution in [1.29, 1.82) is 0 Å². The molecule has 4 rings (SSSR count). The van der Waals surface area contributed by atoms with Crippen molar-refractivity contribution in [2.45, 2.75) is 219 Å². The maximum absolute atomic E-state index is 15.1. The number of rotatable bonds is 28. The lowest BCUT2D eigenvalue weighted by Crippen LogP contribution is -2.61. The predicted octanol–water partition coefficient (Wildman–Crippen LogP) is 13.9. The Bertz CT molecular complexity index is 2650. The Kier molecular flexibility index (Phi) is 22.6. The molecule has 0 aliphatic heterocycles. The van der Waals surface area contributed by atoms with E-state index in [2.05, 4.69) is 140 Å². The first-order valence-corrected chi connectivity index (χ1v) is 40.3. The molecule has 0 radical (unpaired) electrons. The summed E-state index contributed by atoms with van der Waals surface area (Å²) in [5.41, 5.74) is 0.428. The molecule has 2 heterocycles. The first-order valence-electron chi connectivity index (χ1n) is 27.2. The van der Waals surface area contributed by atoms with Gasteiger partial charge in [0.15, 0.2) is 44.4 Å². The highest BCUT2D eigenvalue weighted by molar-refractivity contribution is 7.48. The van der Waals surface area contributed by atoms with Gasteiger partial charge in [-0.25, -0.2) is 4.57 Å². The smallest absolute Gasteiger partial charge is 0.475 e. The van der Waals surface area contributed by atoms with E-state index in [1.165, 1.54) is 23.4 Å². The van der Waals surface area contributed by atoms with E-state index in [9.17, 15) is 9.36 Å². The molecular formula is C56H97N4O12PSi4. The summed E-state index contributed by atoms with van der Waals surface area (Å²) in [5.74, 6) is 0.0611. The molecule has 0 aliphatic carbocycles. The highest BCUT2D eigenvalue weighted by Gasteiger charge is 2.51. The molecular weight excluding hydrogens is 1060 g/mol. The second kappa shape index (κ2) is 26.2. The number of nitrogens with zero attached hydrogens (tertiary/aromatic N) is 4. The van der Waals surface area contributed by atoms with Crippen molar-refractivity contribution in [3.8, 4) is 11.9 Å². The molecule has 0 N–H and O–H groups in total. The quantitative estimate of drug-likeness (QED) is 0.0228. The van der Waals surface area contributed by atoms with Crippen molar-refractivity contribution in [2.75, 3.05) is 27.4 Å². The second-order valence-electron chi connectivity index (χ2n) is 26.4. The predicted molar refractivity (Wildman–Crippen MR) is 320 cm³/mol. The monoisotopic (exact) mass is 1160 g/mol. The van der Waals surface area contributed by atoms with Gasteiger partial charge in [-0.2, -0.15) is 9.97 Å². The second-order valence-corrected chi connectivity index (χ2v) is 47.1. The van der Waals surface area contributed by atoms with Gasteiger partial charge in [0, 0.05) is 6.54 Å². The van der Waals surface area contributed by atoms with E-state index in [0.717, 1.165) is 11.1 Å². The normalized spacial score (nSPS) is 14.9. The first kappa shape index (κ1) is 66.4. The fraction of sp³-hybridized carbons (Fsp3) is 0.679. The van der Waals surface area contributed by atoms with Gasteiger partial charge in [-0.05, 0) is 103 Å². The molecule has 4 aromatic rings. The van der Waals surface area contributed by atoms with Gasteiger partial charge in [-0.15, -0.1) is 0 Å². The average molecular weight is 1160 g/mol. The van der Waals surface area contributed by atoms with Crippen LogP contribution in [-0.4, -0.2) is 98.1 Å². The fourth-order valence-electron chi connectivity index (χ4n) is 7.28. The molecule has 3 atom stereocenters. The Morgan fingerprint density at radius 3 is 1.45 bits per heavy atom. The molecule has 2 aromatic carbocycles. The van der Waals surface area contributed by atoms with Gasteiger partial charge in [0.1, 0.15) is 0 Å². The number of fused-ring (bicyclic) bond motifs is 1. The highest BCUT2D eigenvalue weighted by atomic mass is 31.2. The van der Waals surface area contributed by atoms with Crippen LogP contribution in [0, 0.1) is 0 Å². The SMILES string of the molecule is COc1nc(OC)c2c(n1)n(C[C@H](O[Si](C)(C)C(C)(C)C)[C@H](O[Si](C)(C)C(C)(C)C)[C@@H](CO[Si](C)(C)C(C)(C)C)O[Si](C)(C)C(C)(C)C)c(=O)c(=O)n2CCCCCOP(=O)(OCc1ccccc1)OCc1ccccc1. The summed E-state index contributed by atoms with van der Waals surface area (Å²) >= 11 is 0. The zero-order valence-electron chi connectivity index (χ0n) is 51.0. The van der Waals surface area contributed by atoms with E-state index in [-0.39, 0.29) is 82.7 Å². The molecule has 0 bridgehead atoms. The van der Waals surface area contributed by atoms with Gasteiger partial charge in [-0.1, -0.05) is 144 Å². The lowest BCUT2D eigenvalue weighted by Gasteiger charge is -2.49. The summed E-state index contributed by atoms with van der Waals surface area (Å²) in [5, 5.41) is -0.769. The van der Waals surface area contributed by atoms with Crippen molar-refractivity contribution in [2.24, 2.45) is 0 Å². The minimum atomic E-state index is -4.00. The number of benzene rings is 2. The van der Waals surface area contributed by atoms with Gasteiger partial charge >= 0.3 is 25.0 Å². The van der Waals surface area contributed by atoms with Crippen LogP contribution in [0.1, 0.15) is 113 Å². The minimum Gasteiger partial charge on any atom is -0.479 e. The van der Waals surface area contributed by atoms with Crippen LogP contribution in [0.3, 0.4) is 0 Å². The highest BCUT2D eigenvalue weighted by Crippen LogP contribution is 2.51. The van der Waals surface area contributed by atoms with Gasteiger partial charge in [0.25, 0.3) is 0 Å². The molecule has 21 heteroatoms. The molecule has 0 fully saturated rings. The molecule has 0 saturated heterocycles. The molecule has 0 spiro atoms. The van der Waals surface area contributed by atoms with Gasteiger partial charge < -0.3 is 27.2 Å². The van der Waals surface area contributed by atoms with Crippen molar-refractivity contribution >= 4 is 52.3 Å². The van der Waals surface area contributed by atoms with Crippen LogP contribution >= 0.6 is 7.82 Å².